The normalized spacial score (nSPS) is 29.2. The monoisotopic (exact) mass is 432 g/mol. The average Bonchev–Trinajstić information content (AvgIpc) is 3.40. The van der Waals surface area contributed by atoms with Gasteiger partial charge in [-0.25, -0.2) is 0 Å². The summed E-state index contributed by atoms with van der Waals surface area (Å²) in [6.45, 7) is 0.648. The topological polar surface area (TPSA) is 128 Å². The zero-order chi connectivity index (χ0) is 22.6. The van der Waals surface area contributed by atoms with Crippen LogP contribution in [0.4, 0.5) is 0 Å². The number of carboxylic acids is 1. The first-order valence-electron chi connectivity index (χ1n) is 10.7. The quantitative estimate of drug-likeness (QED) is 0.375. The molecule has 0 spiro atoms. The van der Waals surface area contributed by atoms with E-state index in [1.54, 1.807) is 24.3 Å². The third-order valence-electron chi connectivity index (χ3n) is 7.22. The number of likely N-dealkylation sites (tertiary alicyclic amines) is 1. The van der Waals surface area contributed by atoms with Crippen molar-refractivity contribution in [3.8, 4) is 0 Å². The smallest absolute Gasteiger partial charge is 0.325 e. The minimum absolute atomic E-state index is 0.0666. The minimum atomic E-state index is -1.38. The lowest BCUT2D eigenvalue weighted by atomic mass is 9.77. The maximum Gasteiger partial charge on any atom is 0.325 e. The lowest BCUT2D eigenvalue weighted by Crippen LogP contribution is -2.54. The highest BCUT2D eigenvalue weighted by atomic mass is 16.4. The molecule has 0 aliphatic carbocycles. The van der Waals surface area contributed by atoms with E-state index in [2.05, 4.69) is 0 Å². The van der Waals surface area contributed by atoms with Crippen molar-refractivity contribution < 1.29 is 19.5 Å². The number of nitrogens with one attached hydrogen (secondary N) is 1. The molecule has 5 rings (SSSR count). The highest BCUT2D eigenvalue weighted by molar-refractivity contribution is 6.09. The molecule has 0 saturated carbocycles. The number of carbonyl (C=O) groups is 3. The Hall–Kier alpha value is -3.52. The first kappa shape index (κ1) is 20.4. The molecule has 0 aromatic heterocycles. The van der Waals surface area contributed by atoms with Gasteiger partial charge in [-0.1, -0.05) is 54.6 Å². The number of hydrogen-bond acceptors (Lipinski definition) is 5. The van der Waals surface area contributed by atoms with E-state index in [0.29, 0.717) is 24.9 Å². The number of amidine groups is 1. The number of benzene rings is 2. The summed E-state index contributed by atoms with van der Waals surface area (Å²) in [7, 11) is 0. The minimum Gasteiger partial charge on any atom is -0.480 e. The molecule has 4 unspecified atom stereocenters. The molecule has 8 heteroatoms. The number of hydrogen-bond donors (Lipinski definition) is 3. The molecule has 3 heterocycles. The highest BCUT2D eigenvalue weighted by Gasteiger charge is 2.73. The maximum atomic E-state index is 13.6. The molecule has 3 fully saturated rings. The second-order valence-electron chi connectivity index (χ2n) is 8.76. The first-order chi connectivity index (χ1) is 15.4. The third-order valence-corrected chi connectivity index (χ3v) is 7.22. The van der Waals surface area contributed by atoms with Crippen LogP contribution < -0.4 is 5.73 Å². The van der Waals surface area contributed by atoms with E-state index < -0.39 is 35.3 Å². The molecule has 3 aliphatic rings. The van der Waals surface area contributed by atoms with Crippen molar-refractivity contribution in [1.82, 2.24) is 9.80 Å². The van der Waals surface area contributed by atoms with Gasteiger partial charge in [0, 0.05) is 11.6 Å². The molecule has 164 valence electrons. The second-order valence-corrected chi connectivity index (χ2v) is 8.76. The van der Waals surface area contributed by atoms with E-state index in [9.17, 15) is 19.5 Å². The number of fused-ring (bicyclic) bond motifs is 3. The maximum absolute atomic E-state index is 13.6. The number of nitrogen functional groups attached to an aromatic ring is 1. The van der Waals surface area contributed by atoms with E-state index in [-0.39, 0.29) is 18.3 Å². The van der Waals surface area contributed by atoms with Crippen LogP contribution >= 0.6 is 0 Å². The Morgan fingerprint density at radius 1 is 1.09 bits per heavy atom. The number of nitrogens with zero attached hydrogens (tertiary/aromatic N) is 2. The molecule has 3 saturated heterocycles. The molecule has 2 amide bonds. The summed E-state index contributed by atoms with van der Waals surface area (Å²) >= 11 is 0. The van der Waals surface area contributed by atoms with E-state index in [0.717, 1.165) is 11.1 Å². The Morgan fingerprint density at radius 3 is 2.41 bits per heavy atom. The number of nitrogens with two attached hydrogens (primary N) is 1. The third kappa shape index (κ3) is 2.72. The molecule has 3 aliphatic heterocycles. The summed E-state index contributed by atoms with van der Waals surface area (Å²) in [5.41, 5.74) is 6.32. The van der Waals surface area contributed by atoms with Crippen LogP contribution in [-0.4, -0.2) is 50.6 Å². The number of aliphatic carboxylic acids is 1. The molecular weight excluding hydrogens is 408 g/mol. The van der Waals surface area contributed by atoms with Crippen LogP contribution in [0.25, 0.3) is 0 Å². The van der Waals surface area contributed by atoms with Gasteiger partial charge in [0.2, 0.25) is 11.8 Å². The van der Waals surface area contributed by atoms with Gasteiger partial charge in [0.1, 0.15) is 11.4 Å². The van der Waals surface area contributed by atoms with Gasteiger partial charge in [-0.2, -0.15) is 0 Å². The Labute approximate surface area is 185 Å². The first-order valence-corrected chi connectivity index (χ1v) is 10.7. The van der Waals surface area contributed by atoms with Crippen LogP contribution in [0, 0.1) is 17.2 Å². The van der Waals surface area contributed by atoms with Gasteiger partial charge in [-0.05, 0) is 30.5 Å². The lowest BCUT2D eigenvalue weighted by molar-refractivity contribution is -0.156. The van der Waals surface area contributed by atoms with Gasteiger partial charge in [-0.3, -0.25) is 29.6 Å². The van der Waals surface area contributed by atoms with Crippen molar-refractivity contribution in [2.75, 3.05) is 6.54 Å². The van der Waals surface area contributed by atoms with Crippen molar-refractivity contribution in [2.24, 2.45) is 17.6 Å². The Kier molecular flexibility index (Phi) is 4.63. The van der Waals surface area contributed by atoms with Crippen LogP contribution in [0.5, 0.6) is 0 Å². The summed E-state index contributed by atoms with van der Waals surface area (Å²) < 4.78 is 0. The van der Waals surface area contributed by atoms with E-state index >= 15 is 0 Å². The predicted octanol–water partition coefficient (Wildman–Crippen LogP) is 1.75. The number of amides is 2. The molecule has 0 radical (unpaired) electrons. The summed E-state index contributed by atoms with van der Waals surface area (Å²) in [5.74, 6) is -3.51. The van der Waals surface area contributed by atoms with Gasteiger partial charge < -0.3 is 10.8 Å². The molecule has 8 nitrogen and oxygen atoms in total. The average molecular weight is 432 g/mol. The molecule has 2 aromatic rings. The SMILES string of the molecule is N=C(N)c1ccc(C2C3C(=O)N(Cc4ccccc4)C(=O)C3C3(C(=O)O)CCCN23)cc1. The van der Waals surface area contributed by atoms with E-state index in [1.807, 2.05) is 35.2 Å². The summed E-state index contributed by atoms with van der Waals surface area (Å²) in [5, 5.41) is 17.9. The Bertz CT molecular complexity index is 1120. The van der Waals surface area contributed by atoms with Crippen LogP contribution in [0.3, 0.4) is 0 Å². The van der Waals surface area contributed by atoms with Crippen molar-refractivity contribution >= 4 is 23.6 Å². The fraction of sp³-hybridized carbons (Fsp3) is 0.333. The van der Waals surface area contributed by atoms with Gasteiger partial charge >= 0.3 is 5.97 Å². The number of rotatable bonds is 5. The molecule has 4 N–H and O–H groups in total. The summed E-state index contributed by atoms with van der Waals surface area (Å²) in [6.07, 6.45) is 0.988. The largest absolute Gasteiger partial charge is 0.480 e. The van der Waals surface area contributed by atoms with Gasteiger partial charge in [-0.15, -0.1) is 0 Å². The van der Waals surface area contributed by atoms with Crippen LogP contribution in [-0.2, 0) is 20.9 Å². The zero-order valence-electron chi connectivity index (χ0n) is 17.4. The van der Waals surface area contributed by atoms with E-state index in [4.69, 9.17) is 11.1 Å². The molecule has 32 heavy (non-hydrogen) atoms. The zero-order valence-corrected chi connectivity index (χ0v) is 17.4. The Balaban J connectivity index is 1.59. The lowest BCUT2D eigenvalue weighted by Gasteiger charge is -2.35. The van der Waals surface area contributed by atoms with E-state index in [1.165, 1.54) is 4.90 Å². The standard InChI is InChI=1S/C24H24N4O4/c25-20(26)16-9-7-15(8-10-16)19-17-18(24(23(31)32)11-4-12-28(19)24)22(30)27(21(17)29)13-14-5-2-1-3-6-14/h1-3,5-10,17-19H,4,11-13H2,(H3,25,26)(H,31,32). The Morgan fingerprint density at radius 2 is 1.78 bits per heavy atom. The summed E-state index contributed by atoms with van der Waals surface area (Å²) in [6, 6.07) is 15.7. The van der Waals surface area contributed by atoms with Crippen LogP contribution in [0.1, 0.15) is 35.6 Å². The fourth-order valence-electron chi connectivity index (χ4n) is 5.88. The highest BCUT2D eigenvalue weighted by Crippen LogP contribution is 2.59. The van der Waals surface area contributed by atoms with Gasteiger partial charge in [0.15, 0.2) is 0 Å². The molecule has 4 atom stereocenters. The van der Waals surface area contributed by atoms with Gasteiger partial charge in [0.05, 0.1) is 18.4 Å². The second kappa shape index (κ2) is 7.27. The molecule has 0 bridgehead atoms. The van der Waals surface area contributed by atoms with Crippen LogP contribution in [0.2, 0.25) is 0 Å². The number of carboxylic acid groups (broad SMARTS) is 1. The predicted molar refractivity (Wildman–Crippen MR) is 115 cm³/mol. The van der Waals surface area contributed by atoms with Crippen molar-refractivity contribution in [2.45, 2.75) is 31.0 Å². The summed E-state index contributed by atoms with van der Waals surface area (Å²) in [4.78, 5) is 42.8. The molecular formula is C24H24N4O4. The van der Waals surface area contributed by atoms with Crippen molar-refractivity contribution in [3.05, 3.63) is 71.3 Å². The van der Waals surface area contributed by atoms with Crippen molar-refractivity contribution in [1.29, 1.82) is 5.41 Å². The number of imide groups is 1. The molecule has 2 aromatic carbocycles. The fourth-order valence-corrected chi connectivity index (χ4v) is 5.88. The van der Waals surface area contributed by atoms with Gasteiger partial charge in [0.25, 0.3) is 0 Å². The van der Waals surface area contributed by atoms with Crippen LogP contribution in [0.15, 0.2) is 54.6 Å². The number of carbonyl (C=O) groups excluding carboxylic acids is 2. The van der Waals surface area contributed by atoms with Crippen molar-refractivity contribution in [3.63, 3.8) is 0 Å².